The van der Waals surface area contributed by atoms with Crippen LogP contribution < -0.4 is 10.2 Å². The number of rotatable bonds is 2. The minimum Gasteiger partial charge on any atom is -0.506 e. The molecule has 132 valence electrons. The van der Waals surface area contributed by atoms with Crippen LogP contribution in [-0.2, 0) is 9.59 Å². The van der Waals surface area contributed by atoms with Crippen LogP contribution in [0.3, 0.4) is 0 Å². The Morgan fingerprint density at radius 2 is 1.77 bits per heavy atom. The molecule has 8 heteroatoms. The Labute approximate surface area is 158 Å². The summed E-state index contributed by atoms with van der Waals surface area (Å²) in [6.07, 6.45) is 1.29. The Morgan fingerprint density at radius 3 is 2.42 bits per heavy atom. The minimum absolute atomic E-state index is 0.0706. The van der Waals surface area contributed by atoms with Gasteiger partial charge in [0.05, 0.1) is 10.7 Å². The maximum absolute atomic E-state index is 12.7. The molecule has 0 atom stereocenters. The number of amides is 4. The summed E-state index contributed by atoms with van der Waals surface area (Å²) in [5.41, 5.74) is 1.20. The van der Waals surface area contributed by atoms with E-state index in [9.17, 15) is 19.5 Å². The van der Waals surface area contributed by atoms with Gasteiger partial charge in [-0.3, -0.25) is 14.9 Å². The molecule has 0 bridgehead atoms. The maximum Gasteiger partial charge on any atom is 0.335 e. The average molecular weight is 391 g/mol. The number of barbiturate groups is 1. The molecule has 4 amide bonds. The number of hydrogen-bond donors (Lipinski definition) is 2. The Balaban J connectivity index is 2.03. The number of anilines is 1. The predicted molar refractivity (Wildman–Crippen MR) is 98.3 cm³/mol. The zero-order chi connectivity index (χ0) is 19.0. The van der Waals surface area contributed by atoms with Gasteiger partial charge in [-0.1, -0.05) is 35.3 Å². The Hall–Kier alpha value is -2.83. The van der Waals surface area contributed by atoms with Crippen LogP contribution >= 0.6 is 23.2 Å². The molecule has 1 saturated heterocycles. The van der Waals surface area contributed by atoms with Crippen LogP contribution in [0.25, 0.3) is 6.08 Å². The molecule has 1 aliphatic rings. The third-order valence-corrected chi connectivity index (χ3v) is 4.51. The maximum atomic E-state index is 12.7. The van der Waals surface area contributed by atoms with Gasteiger partial charge in [-0.2, -0.15) is 0 Å². The number of urea groups is 1. The van der Waals surface area contributed by atoms with Crippen molar-refractivity contribution in [2.24, 2.45) is 0 Å². The van der Waals surface area contributed by atoms with Crippen molar-refractivity contribution in [2.45, 2.75) is 6.92 Å². The van der Waals surface area contributed by atoms with Crippen molar-refractivity contribution in [2.75, 3.05) is 4.90 Å². The number of aryl methyl sites for hydroxylation is 1. The minimum atomic E-state index is -0.860. The first-order valence-corrected chi connectivity index (χ1v) is 8.19. The number of carbonyl (C=O) groups is 3. The van der Waals surface area contributed by atoms with Gasteiger partial charge in [-0.25, -0.2) is 9.69 Å². The highest BCUT2D eigenvalue weighted by molar-refractivity contribution is 6.39. The van der Waals surface area contributed by atoms with Gasteiger partial charge in [0, 0.05) is 5.02 Å². The van der Waals surface area contributed by atoms with E-state index in [4.69, 9.17) is 23.2 Å². The molecule has 1 fully saturated rings. The Morgan fingerprint density at radius 1 is 1.04 bits per heavy atom. The lowest BCUT2D eigenvalue weighted by Crippen LogP contribution is -2.54. The Bertz CT molecular complexity index is 985. The molecule has 3 rings (SSSR count). The van der Waals surface area contributed by atoms with Gasteiger partial charge in [0.15, 0.2) is 0 Å². The van der Waals surface area contributed by atoms with Crippen LogP contribution in [0.5, 0.6) is 5.75 Å². The van der Waals surface area contributed by atoms with Crippen molar-refractivity contribution >= 4 is 52.8 Å². The lowest BCUT2D eigenvalue weighted by atomic mass is 10.1. The fraction of sp³-hybridized carbons (Fsp3) is 0.0556. The number of phenols is 1. The molecule has 0 aliphatic carbocycles. The van der Waals surface area contributed by atoms with E-state index in [0.717, 1.165) is 10.5 Å². The lowest BCUT2D eigenvalue weighted by molar-refractivity contribution is -0.122. The number of nitrogens with zero attached hydrogens (tertiary/aromatic N) is 1. The fourth-order valence-corrected chi connectivity index (χ4v) is 2.76. The van der Waals surface area contributed by atoms with Gasteiger partial charge in [-0.15, -0.1) is 0 Å². The fourth-order valence-electron chi connectivity index (χ4n) is 2.39. The summed E-state index contributed by atoms with van der Waals surface area (Å²) in [5, 5.41) is 12.0. The highest BCUT2D eigenvalue weighted by atomic mass is 35.5. The number of benzene rings is 2. The number of carbonyl (C=O) groups excluding carboxylic acids is 3. The van der Waals surface area contributed by atoms with Gasteiger partial charge >= 0.3 is 6.03 Å². The highest BCUT2D eigenvalue weighted by Crippen LogP contribution is 2.28. The molecule has 2 aromatic carbocycles. The molecule has 0 aromatic heterocycles. The number of phenolic OH excluding ortho intramolecular Hbond substituents is 1. The van der Waals surface area contributed by atoms with E-state index in [-0.39, 0.29) is 22.0 Å². The lowest BCUT2D eigenvalue weighted by Gasteiger charge is -2.26. The first kappa shape index (κ1) is 18.0. The zero-order valence-corrected chi connectivity index (χ0v) is 14.9. The summed E-state index contributed by atoms with van der Waals surface area (Å²) < 4.78 is 0. The van der Waals surface area contributed by atoms with Crippen molar-refractivity contribution in [3.8, 4) is 5.75 Å². The van der Waals surface area contributed by atoms with E-state index < -0.39 is 17.8 Å². The van der Waals surface area contributed by atoms with Crippen molar-refractivity contribution in [3.63, 3.8) is 0 Å². The highest BCUT2D eigenvalue weighted by Gasteiger charge is 2.36. The van der Waals surface area contributed by atoms with Gasteiger partial charge < -0.3 is 5.11 Å². The summed E-state index contributed by atoms with van der Waals surface area (Å²) >= 11 is 11.9. The summed E-state index contributed by atoms with van der Waals surface area (Å²) in [6.45, 7) is 1.79. The van der Waals surface area contributed by atoms with E-state index in [2.05, 4.69) is 5.32 Å². The predicted octanol–water partition coefficient (Wildman–Crippen LogP) is 3.67. The first-order valence-electron chi connectivity index (χ1n) is 7.44. The van der Waals surface area contributed by atoms with Gasteiger partial charge in [0.25, 0.3) is 11.8 Å². The van der Waals surface area contributed by atoms with Crippen molar-refractivity contribution < 1.29 is 19.5 Å². The normalized spacial score (nSPS) is 16.2. The molecule has 1 heterocycles. The average Bonchev–Trinajstić information content (AvgIpc) is 2.57. The second kappa shape index (κ2) is 6.82. The Kier molecular flexibility index (Phi) is 4.71. The molecule has 1 aliphatic heterocycles. The molecular formula is C18H12Cl2N2O4. The smallest absolute Gasteiger partial charge is 0.335 e. The van der Waals surface area contributed by atoms with E-state index in [1.165, 1.54) is 30.3 Å². The van der Waals surface area contributed by atoms with E-state index in [1.54, 1.807) is 19.1 Å². The molecular weight excluding hydrogens is 379 g/mol. The monoisotopic (exact) mass is 390 g/mol. The molecule has 0 spiro atoms. The van der Waals surface area contributed by atoms with Crippen molar-refractivity contribution in [3.05, 3.63) is 63.1 Å². The molecule has 2 N–H and O–H groups in total. The number of aromatic hydroxyl groups is 1. The van der Waals surface area contributed by atoms with Crippen LogP contribution in [0.1, 0.15) is 11.1 Å². The van der Waals surface area contributed by atoms with Crippen LogP contribution in [0.15, 0.2) is 42.0 Å². The van der Waals surface area contributed by atoms with Crippen molar-refractivity contribution in [1.29, 1.82) is 0 Å². The van der Waals surface area contributed by atoms with Crippen LogP contribution in [-0.4, -0.2) is 23.0 Å². The second-order valence-corrected chi connectivity index (χ2v) is 6.42. The standard InChI is InChI=1S/C18H12Cl2N2O4/c1-9-2-4-11(8-13(9)19)22-17(25)12(16(24)21-18(22)26)6-10-3-5-15(23)14(20)7-10/h2-8,23H,1H3,(H,21,24,26)/b12-6-. The SMILES string of the molecule is Cc1ccc(N2C(=O)NC(=O)/C(=C/c3ccc(O)c(Cl)c3)C2=O)cc1Cl. The molecule has 0 unspecified atom stereocenters. The van der Waals surface area contributed by atoms with Crippen LogP contribution in [0.2, 0.25) is 10.0 Å². The molecule has 0 saturated carbocycles. The number of halogens is 2. The van der Waals surface area contributed by atoms with E-state index in [1.807, 2.05) is 0 Å². The van der Waals surface area contributed by atoms with Crippen molar-refractivity contribution in [1.82, 2.24) is 5.32 Å². The summed E-state index contributed by atoms with van der Waals surface area (Å²) in [4.78, 5) is 37.9. The number of imide groups is 2. The largest absolute Gasteiger partial charge is 0.506 e. The molecule has 6 nitrogen and oxygen atoms in total. The molecule has 2 aromatic rings. The summed E-state index contributed by atoms with van der Waals surface area (Å²) in [6, 6.07) is 8.05. The number of hydrogen-bond acceptors (Lipinski definition) is 4. The topological polar surface area (TPSA) is 86.7 Å². The third-order valence-electron chi connectivity index (χ3n) is 3.80. The quantitative estimate of drug-likeness (QED) is 0.604. The molecule has 0 radical (unpaired) electrons. The summed E-state index contributed by atoms with van der Waals surface area (Å²) in [7, 11) is 0. The third kappa shape index (κ3) is 3.29. The van der Waals surface area contributed by atoms with Gasteiger partial charge in [0.1, 0.15) is 11.3 Å². The van der Waals surface area contributed by atoms with Gasteiger partial charge in [0.2, 0.25) is 0 Å². The van der Waals surface area contributed by atoms with E-state index >= 15 is 0 Å². The van der Waals surface area contributed by atoms with Crippen LogP contribution in [0, 0.1) is 6.92 Å². The second-order valence-electron chi connectivity index (χ2n) is 5.60. The summed E-state index contributed by atoms with van der Waals surface area (Å²) in [5.74, 6) is -1.74. The number of nitrogens with one attached hydrogen (secondary N) is 1. The molecule has 26 heavy (non-hydrogen) atoms. The van der Waals surface area contributed by atoms with E-state index in [0.29, 0.717) is 10.6 Å². The van der Waals surface area contributed by atoms with Gasteiger partial charge in [-0.05, 0) is 48.4 Å². The van der Waals surface area contributed by atoms with Crippen LogP contribution in [0.4, 0.5) is 10.5 Å². The zero-order valence-electron chi connectivity index (χ0n) is 13.4. The first-order chi connectivity index (χ1) is 12.3.